The number of rotatable bonds is 5. The van der Waals surface area contributed by atoms with E-state index in [0.717, 1.165) is 0 Å². The van der Waals surface area contributed by atoms with Gasteiger partial charge in [0, 0.05) is 11.9 Å². The lowest BCUT2D eigenvalue weighted by atomic mass is 10.1. The SMILES string of the molecule is O=C(c1cc2ccccc2oc1=O)N(Cc1cccc(F)c1)Cc1ccco1. The monoisotopic (exact) mass is 377 g/mol. The lowest BCUT2D eigenvalue weighted by Gasteiger charge is -2.21. The van der Waals surface area contributed by atoms with Crippen LogP contribution in [0.2, 0.25) is 0 Å². The maximum absolute atomic E-state index is 13.6. The van der Waals surface area contributed by atoms with Gasteiger partial charge < -0.3 is 13.7 Å². The molecule has 0 saturated carbocycles. The van der Waals surface area contributed by atoms with Gasteiger partial charge in [0.05, 0.1) is 12.8 Å². The van der Waals surface area contributed by atoms with Crippen molar-refractivity contribution in [1.82, 2.24) is 4.90 Å². The number of hydrogen-bond acceptors (Lipinski definition) is 4. The third-order valence-corrected chi connectivity index (χ3v) is 4.35. The number of halogens is 1. The Morgan fingerprint density at radius 2 is 1.82 bits per heavy atom. The van der Waals surface area contributed by atoms with Crippen molar-refractivity contribution in [2.45, 2.75) is 13.1 Å². The molecule has 140 valence electrons. The summed E-state index contributed by atoms with van der Waals surface area (Å²) in [6.45, 7) is 0.248. The van der Waals surface area contributed by atoms with Gasteiger partial charge in [-0.1, -0.05) is 30.3 Å². The highest BCUT2D eigenvalue weighted by Gasteiger charge is 2.22. The fourth-order valence-corrected chi connectivity index (χ4v) is 3.03. The summed E-state index contributed by atoms with van der Waals surface area (Å²) in [6, 6.07) is 17.9. The Kier molecular flexibility index (Phi) is 4.76. The summed E-state index contributed by atoms with van der Waals surface area (Å²) in [5.41, 5.74) is 0.214. The first-order chi connectivity index (χ1) is 13.6. The molecular formula is C22H16FNO4. The van der Waals surface area contributed by atoms with E-state index in [1.54, 1.807) is 48.5 Å². The van der Waals surface area contributed by atoms with Gasteiger partial charge in [-0.25, -0.2) is 9.18 Å². The Bertz CT molecular complexity index is 1180. The predicted octanol–water partition coefficient (Wildman–Crippen LogP) is 4.37. The molecule has 0 aliphatic carbocycles. The molecule has 0 radical (unpaired) electrons. The van der Waals surface area contributed by atoms with Gasteiger partial charge >= 0.3 is 5.63 Å². The summed E-state index contributed by atoms with van der Waals surface area (Å²) in [6.07, 6.45) is 1.50. The molecule has 0 aliphatic heterocycles. The van der Waals surface area contributed by atoms with Gasteiger partial charge in [-0.05, 0) is 42.0 Å². The second kappa shape index (κ2) is 7.52. The highest BCUT2D eigenvalue weighted by molar-refractivity contribution is 5.96. The lowest BCUT2D eigenvalue weighted by molar-refractivity contribution is 0.0713. The number of benzene rings is 2. The maximum atomic E-state index is 13.6. The van der Waals surface area contributed by atoms with Crippen molar-refractivity contribution in [2.75, 3.05) is 0 Å². The summed E-state index contributed by atoms with van der Waals surface area (Å²) >= 11 is 0. The number of fused-ring (bicyclic) bond motifs is 1. The highest BCUT2D eigenvalue weighted by Crippen LogP contribution is 2.17. The first-order valence-corrected chi connectivity index (χ1v) is 8.69. The Hall–Kier alpha value is -3.67. The molecule has 0 spiro atoms. The highest BCUT2D eigenvalue weighted by atomic mass is 19.1. The van der Waals surface area contributed by atoms with Gasteiger partial charge in [0.1, 0.15) is 22.7 Å². The van der Waals surface area contributed by atoms with Crippen molar-refractivity contribution in [3.63, 3.8) is 0 Å². The molecule has 28 heavy (non-hydrogen) atoms. The molecule has 0 bridgehead atoms. The molecule has 0 atom stereocenters. The predicted molar refractivity (Wildman–Crippen MR) is 101 cm³/mol. The van der Waals surface area contributed by atoms with E-state index >= 15 is 0 Å². The normalized spacial score (nSPS) is 10.9. The van der Waals surface area contributed by atoms with Gasteiger partial charge in [0.25, 0.3) is 5.91 Å². The lowest BCUT2D eigenvalue weighted by Crippen LogP contribution is -2.33. The average Bonchev–Trinajstić information content (AvgIpc) is 3.19. The Morgan fingerprint density at radius 3 is 2.61 bits per heavy atom. The van der Waals surface area contributed by atoms with Gasteiger partial charge in [-0.2, -0.15) is 0 Å². The van der Waals surface area contributed by atoms with E-state index in [2.05, 4.69) is 0 Å². The minimum absolute atomic E-state index is 0.0818. The van der Waals surface area contributed by atoms with Crippen molar-refractivity contribution in [3.8, 4) is 0 Å². The summed E-state index contributed by atoms with van der Waals surface area (Å²) in [4.78, 5) is 27.0. The standard InChI is InChI=1S/C22H16FNO4/c23-17-7-3-5-15(11-17)13-24(14-18-8-4-10-27-18)21(25)19-12-16-6-1-2-9-20(16)28-22(19)26/h1-12H,13-14H2. The Labute approximate surface area is 159 Å². The van der Waals surface area contributed by atoms with E-state index in [4.69, 9.17) is 8.83 Å². The van der Waals surface area contributed by atoms with Gasteiger partial charge in [0.2, 0.25) is 0 Å². The van der Waals surface area contributed by atoms with Crippen LogP contribution in [0.5, 0.6) is 0 Å². The Balaban J connectivity index is 1.71. The zero-order chi connectivity index (χ0) is 19.5. The van der Waals surface area contributed by atoms with E-state index in [1.165, 1.54) is 29.4 Å². The molecule has 0 aliphatic rings. The number of hydrogen-bond donors (Lipinski definition) is 0. The van der Waals surface area contributed by atoms with Crippen LogP contribution in [0.3, 0.4) is 0 Å². The molecule has 4 aromatic rings. The van der Waals surface area contributed by atoms with Crippen molar-refractivity contribution < 1.29 is 18.0 Å². The van der Waals surface area contributed by atoms with E-state index in [-0.39, 0.29) is 18.7 Å². The summed E-state index contributed by atoms with van der Waals surface area (Å²) < 4.78 is 24.2. The van der Waals surface area contributed by atoms with Crippen LogP contribution in [0.1, 0.15) is 21.7 Å². The van der Waals surface area contributed by atoms with Crippen LogP contribution in [0.15, 0.2) is 86.6 Å². The number of furan rings is 1. The molecule has 0 saturated heterocycles. The molecule has 4 rings (SSSR count). The first-order valence-electron chi connectivity index (χ1n) is 8.69. The van der Waals surface area contributed by atoms with Crippen molar-refractivity contribution >= 4 is 16.9 Å². The van der Waals surface area contributed by atoms with Crippen molar-refractivity contribution in [1.29, 1.82) is 0 Å². The first kappa shape index (κ1) is 17.7. The molecule has 2 heterocycles. The van der Waals surface area contributed by atoms with Gasteiger partial charge in [-0.15, -0.1) is 0 Å². The minimum Gasteiger partial charge on any atom is -0.467 e. The van der Waals surface area contributed by atoms with Crippen LogP contribution >= 0.6 is 0 Å². The maximum Gasteiger partial charge on any atom is 0.349 e. The number of para-hydroxylation sites is 1. The van der Waals surface area contributed by atoms with Crippen LogP contribution in [0.4, 0.5) is 4.39 Å². The van der Waals surface area contributed by atoms with Crippen LogP contribution in [0, 0.1) is 5.82 Å². The van der Waals surface area contributed by atoms with Gasteiger partial charge in [-0.3, -0.25) is 4.79 Å². The fourth-order valence-electron chi connectivity index (χ4n) is 3.03. The molecule has 0 unspecified atom stereocenters. The van der Waals surface area contributed by atoms with E-state index in [0.29, 0.717) is 22.3 Å². The molecule has 0 N–H and O–H groups in total. The second-order valence-electron chi connectivity index (χ2n) is 6.36. The fraction of sp³-hybridized carbons (Fsp3) is 0.0909. The third kappa shape index (κ3) is 3.71. The van der Waals surface area contributed by atoms with Crippen LogP contribution in [-0.4, -0.2) is 10.8 Å². The van der Waals surface area contributed by atoms with Crippen molar-refractivity contribution in [2.24, 2.45) is 0 Å². The van der Waals surface area contributed by atoms with E-state index in [1.807, 2.05) is 0 Å². The zero-order valence-corrected chi connectivity index (χ0v) is 14.8. The molecule has 2 aromatic heterocycles. The topological polar surface area (TPSA) is 63.7 Å². The summed E-state index contributed by atoms with van der Waals surface area (Å²) in [5.74, 6) is -0.358. The molecule has 6 heteroatoms. The number of nitrogens with zero attached hydrogens (tertiary/aromatic N) is 1. The summed E-state index contributed by atoms with van der Waals surface area (Å²) in [5, 5.41) is 0.647. The number of carbonyl (C=O) groups is 1. The number of carbonyl (C=O) groups excluding carboxylic acids is 1. The van der Waals surface area contributed by atoms with Crippen LogP contribution < -0.4 is 5.63 Å². The Morgan fingerprint density at radius 1 is 0.964 bits per heavy atom. The van der Waals surface area contributed by atoms with Gasteiger partial charge in [0.15, 0.2) is 0 Å². The van der Waals surface area contributed by atoms with E-state index < -0.39 is 17.3 Å². The average molecular weight is 377 g/mol. The van der Waals surface area contributed by atoms with E-state index in [9.17, 15) is 14.0 Å². The molecule has 1 amide bonds. The summed E-state index contributed by atoms with van der Waals surface area (Å²) in [7, 11) is 0. The smallest absolute Gasteiger partial charge is 0.349 e. The molecular weight excluding hydrogens is 361 g/mol. The third-order valence-electron chi connectivity index (χ3n) is 4.35. The van der Waals surface area contributed by atoms with Crippen LogP contribution in [-0.2, 0) is 13.1 Å². The van der Waals surface area contributed by atoms with Crippen LogP contribution in [0.25, 0.3) is 11.0 Å². The zero-order valence-electron chi connectivity index (χ0n) is 14.8. The minimum atomic E-state index is -0.715. The second-order valence-corrected chi connectivity index (χ2v) is 6.36. The van der Waals surface area contributed by atoms with Crippen molar-refractivity contribution in [3.05, 3.63) is 106 Å². The quantitative estimate of drug-likeness (QED) is 0.485. The molecule has 0 fully saturated rings. The molecule has 2 aromatic carbocycles. The number of amides is 1. The molecule has 5 nitrogen and oxygen atoms in total. The largest absolute Gasteiger partial charge is 0.467 e.